The number of aliphatic hydroxyl groups excluding tert-OH is 1. The van der Waals surface area contributed by atoms with Crippen LogP contribution in [0, 0.1) is 0 Å². The van der Waals surface area contributed by atoms with E-state index in [4.69, 9.17) is 5.11 Å². The van der Waals surface area contributed by atoms with E-state index in [0.29, 0.717) is 0 Å². The maximum atomic E-state index is 12.1. The number of nitrogens with zero attached hydrogens (tertiary/aromatic N) is 1. The summed E-state index contributed by atoms with van der Waals surface area (Å²) in [6.45, 7) is 3.69. The molecule has 108 valence electrons. The van der Waals surface area contributed by atoms with E-state index in [-0.39, 0.29) is 18.0 Å². The predicted molar refractivity (Wildman–Crippen MR) is 75.3 cm³/mol. The summed E-state index contributed by atoms with van der Waals surface area (Å²) >= 11 is 0. The second-order valence-electron chi connectivity index (χ2n) is 4.37. The number of aliphatic hydroxyl groups is 1. The molecule has 0 spiro atoms. The highest BCUT2D eigenvalue weighted by atomic mass is 32.2. The van der Waals surface area contributed by atoms with E-state index < -0.39 is 10.0 Å². The van der Waals surface area contributed by atoms with Crippen LogP contribution in [0.4, 0.5) is 0 Å². The summed E-state index contributed by atoms with van der Waals surface area (Å²) in [6.07, 6.45) is 1.07. The maximum absolute atomic E-state index is 12.1. The number of likely N-dealkylation sites (N-methyl/N-ethyl adjacent to an activating group) is 1. The van der Waals surface area contributed by atoms with Crippen molar-refractivity contribution >= 4 is 10.0 Å². The van der Waals surface area contributed by atoms with E-state index >= 15 is 0 Å². The van der Waals surface area contributed by atoms with Gasteiger partial charge in [0.2, 0.25) is 10.0 Å². The number of hydrogen-bond acceptors (Lipinski definition) is 4. The van der Waals surface area contributed by atoms with Crippen molar-refractivity contribution < 1.29 is 13.5 Å². The molecule has 0 aliphatic rings. The lowest BCUT2D eigenvalue weighted by Crippen LogP contribution is -2.29. The molecule has 0 saturated carbocycles. The third-order valence-electron chi connectivity index (χ3n) is 2.80. The van der Waals surface area contributed by atoms with Gasteiger partial charge in [0.25, 0.3) is 0 Å². The Kier molecular flexibility index (Phi) is 6.44. The summed E-state index contributed by atoms with van der Waals surface area (Å²) in [7, 11) is -2.03. The van der Waals surface area contributed by atoms with Crippen LogP contribution in [0.1, 0.15) is 18.9 Å². The van der Waals surface area contributed by atoms with E-state index in [0.717, 1.165) is 29.4 Å². The molecule has 0 atom stereocenters. The molecule has 6 heteroatoms. The second-order valence-corrected chi connectivity index (χ2v) is 6.42. The molecule has 0 radical (unpaired) electrons. The van der Waals surface area contributed by atoms with Gasteiger partial charge in [-0.25, -0.2) is 8.42 Å². The van der Waals surface area contributed by atoms with Gasteiger partial charge in [0, 0.05) is 20.1 Å². The van der Waals surface area contributed by atoms with Crippen molar-refractivity contribution in [2.45, 2.75) is 24.8 Å². The van der Waals surface area contributed by atoms with Crippen LogP contribution in [0.2, 0.25) is 0 Å². The smallest absolute Gasteiger partial charge is 0.242 e. The molecular formula is C13H22N2O3S. The molecule has 2 N–H and O–H groups in total. The molecule has 5 nitrogen and oxygen atoms in total. The van der Waals surface area contributed by atoms with Gasteiger partial charge in [-0.2, -0.15) is 4.31 Å². The van der Waals surface area contributed by atoms with E-state index in [9.17, 15) is 8.42 Å². The Morgan fingerprint density at radius 3 is 2.42 bits per heavy atom. The minimum atomic E-state index is -3.49. The Bertz CT molecular complexity index is 471. The zero-order chi connectivity index (χ0) is 14.3. The average molecular weight is 286 g/mol. The molecule has 0 fully saturated rings. The molecule has 0 heterocycles. The summed E-state index contributed by atoms with van der Waals surface area (Å²) in [4.78, 5) is 0.252. The van der Waals surface area contributed by atoms with Crippen LogP contribution in [0.25, 0.3) is 0 Å². The van der Waals surface area contributed by atoms with Crippen LogP contribution >= 0.6 is 0 Å². The van der Waals surface area contributed by atoms with Gasteiger partial charge in [0.05, 0.1) is 11.5 Å². The molecule has 1 aromatic rings. The SMILES string of the molecule is CCCNCc1ccc(S(=O)(=O)N(C)CCO)cc1. The van der Waals surface area contributed by atoms with Gasteiger partial charge in [0.15, 0.2) is 0 Å². The third-order valence-corrected chi connectivity index (χ3v) is 4.67. The summed E-state index contributed by atoms with van der Waals surface area (Å²) in [5, 5.41) is 12.1. The van der Waals surface area contributed by atoms with Gasteiger partial charge in [-0.05, 0) is 30.7 Å². The normalized spacial score (nSPS) is 12.0. The van der Waals surface area contributed by atoms with Gasteiger partial charge in [-0.15, -0.1) is 0 Å². The van der Waals surface area contributed by atoms with E-state index in [1.807, 2.05) is 12.1 Å². The van der Waals surface area contributed by atoms with Crippen molar-refractivity contribution in [2.75, 3.05) is 26.7 Å². The molecule has 19 heavy (non-hydrogen) atoms. The molecule has 0 aromatic heterocycles. The van der Waals surface area contributed by atoms with E-state index in [1.165, 1.54) is 7.05 Å². The van der Waals surface area contributed by atoms with Crippen LogP contribution in [-0.2, 0) is 16.6 Å². The van der Waals surface area contributed by atoms with Crippen LogP contribution < -0.4 is 5.32 Å². The molecule has 1 aromatic carbocycles. The quantitative estimate of drug-likeness (QED) is 0.694. The van der Waals surface area contributed by atoms with Crippen molar-refractivity contribution in [3.05, 3.63) is 29.8 Å². The first-order valence-corrected chi connectivity index (χ1v) is 7.83. The van der Waals surface area contributed by atoms with Gasteiger partial charge >= 0.3 is 0 Å². The van der Waals surface area contributed by atoms with Crippen molar-refractivity contribution in [3.63, 3.8) is 0 Å². The minimum absolute atomic E-state index is 0.0993. The topological polar surface area (TPSA) is 69.6 Å². The fourth-order valence-electron chi connectivity index (χ4n) is 1.63. The van der Waals surface area contributed by atoms with Crippen LogP contribution in [0.5, 0.6) is 0 Å². The highest BCUT2D eigenvalue weighted by Crippen LogP contribution is 2.14. The zero-order valence-electron chi connectivity index (χ0n) is 11.5. The molecule has 0 aliphatic carbocycles. The summed E-state index contributed by atoms with van der Waals surface area (Å²) < 4.78 is 25.3. The Hall–Kier alpha value is -0.950. The van der Waals surface area contributed by atoms with E-state index in [1.54, 1.807) is 12.1 Å². The summed E-state index contributed by atoms with van der Waals surface area (Å²) in [5.41, 5.74) is 1.05. The lowest BCUT2D eigenvalue weighted by Gasteiger charge is -2.16. The molecule has 1 rings (SSSR count). The Labute approximate surface area is 115 Å². The van der Waals surface area contributed by atoms with Gasteiger partial charge in [-0.1, -0.05) is 19.1 Å². The first-order valence-electron chi connectivity index (χ1n) is 6.39. The highest BCUT2D eigenvalue weighted by Gasteiger charge is 2.19. The number of benzene rings is 1. The molecule has 0 unspecified atom stereocenters. The highest BCUT2D eigenvalue weighted by molar-refractivity contribution is 7.89. The lowest BCUT2D eigenvalue weighted by molar-refractivity contribution is 0.266. The lowest BCUT2D eigenvalue weighted by atomic mass is 10.2. The number of rotatable bonds is 8. The Morgan fingerprint density at radius 2 is 1.89 bits per heavy atom. The van der Waals surface area contributed by atoms with Crippen LogP contribution in [0.3, 0.4) is 0 Å². The second kappa shape index (κ2) is 7.59. The third kappa shape index (κ3) is 4.58. The van der Waals surface area contributed by atoms with Crippen molar-refractivity contribution in [2.24, 2.45) is 0 Å². The molecule has 0 bridgehead atoms. The number of sulfonamides is 1. The predicted octanol–water partition coefficient (Wildman–Crippen LogP) is 0.799. The van der Waals surface area contributed by atoms with Gasteiger partial charge in [0.1, 0.15) is 0 Å². The zero-order valence-corrected chi connectivity index (χ0v) is 12.3. The first-order chi connectivity index (χ1) is 9.02. The fraction of sp³-hybridized carbons (Fsp3) is 0.538. The van der Waals surface area contributed by atoms with Gasteiger partial charge in [-0.3, -0.25) is 0 Å². The molecule has 0 amide bonds. The Balaban J connectivity index is 2.75. The fourth-order valence-corrected chi connectivity index (χ4v) is 2.79. The first kappa shape index (κ1) is 16.1. The average Bonchev–Trinajstić information content (AvgIpc) is 2.40. The molecular weight excluding hydrogens is 264 g/mol. The van der Waals surface area contributed by atoms with Gasteiger partial charge < -0.3 is 10.4 Å². The maximum Gasteiger partial charge on any atom is 0.242 e. The summed E-state index contributed by atoms with van der Waals surface area (Å²) in [5.74, 6) is 0. The van der Waals surface area contributed by atoms with Crippen molar-refractivity contribution in [1.82, 2.24) is 9.62 Å². The van der Waals surface area contributed by atoms with E-state index in [2.05, 4.69) is 12.2 Å². The van der Waals surface area contributed by atoms with Crippen molar-refractivity contribution in [1.29, 1.82) is 0 Å². The van der Waals surface area contributed by atoms with Crippen LogP contribution in [-0.4, -0.2) is 44.6 Å². The largest absolute Gasteiger partial charge is 0.395 e. The number of hydrogen-bond donors (Lipinski definition) is 2. The molecule has 0 saturated heterocycles. The standard InChI is InChI=1S/C13H22N2O3S/c1-3-8-14-11-12-4-6-13(7-5-12)19(17,18)15(2)9-10-16/h4-7,14,16H,3,8-11H2,1-2H3. The molecule has 0 aliphatic heterocycles. The number of nitrogens with one attached hydrogen (secondary N) is 1. The van der Waals surface area contributed by atoms with Crippen molar-refractivity contribution in [3.8, 4) is 0 Å². The minimum Gasteiger partial charge on any atom is -0.395 e. The monoisotopic (exact) mass is 286 g/mol. The Morgan fingerprint density at radius 1 is 1.26 bits per heavy atom. The summed E-state index contributed by atoms with van der Waals surface area (Å²) in [6, 6.07) is 6.82. The van der Waals surface area contributed by atoms with Crippen LogP contribution in [0.15, 0.2) is 29.2 Å².